The second-order valence-electron chi connectivity index (χ2n) is 4.79. The first-order chi connectivity index (χ1) is 10.0. The van der Waals surface area contributed by atoms with Gasteiger partial charge in [0.1, 0.15) is 0 Å². The van der Waals surface area contributed by atoms with Crippen molar-refractivity contribution in [3.05, 3.63) is 46.2 Å². The largest absolute Gasteiger partial charge is 0.355 e. The van der Waals surface area contributed by atoms with Crippen LogP contribution < -0.4 is 5.32 Å². The van der Waals surface area contributed by atoms with E-state index < -0.39 is 0 Å². The summed E-state index contributed by atoms with van der Waals surface area (Å²) in [6.07, 6.45) is 0.332. The molecule has 0 atom stereocenters. The predicted molar refractivity (Wildman–Crippen MR) is 88.6 cm³/mol. The topological polar surface area (TPSA) is 46.9 Å². The molecule has 2 rings (SSSR count). The highest BCUT2D eigenvalue weighted by molar-refractivity contribution is 7.80. The van der Waals surface area contributed by atoms with Crippen LogP contribution in [0.2, 0.25) is 5.02 Å². The van der Waals surface area contributed by atoms with E-state index in [1.165, 1.54) is 0 Å². The first-order valence-electron chi connectivity index (χ1n) is 6.71. The molecule has 0 aliphatic rings. The number of nitrogens with one attached hydrogen (secondary N) is 1. The van der Waals surface area contributed by atoms with Crippen LogP contribution in [0.15, 0.2) is 24.3 Å². The van der Waals surface area contributed by atoms with Crippen molar-refractivity contribution in [1.29, 1.82) is 0 Å². The molecule has 1 N–H and O–H groups in total. The smallest absolute Gasteiger partial charge is 0.224 e. The van der Waals surface area contributed by atoms with Crippen LogP contribution in [0.4, 0.5) is 0 Å². The zero-order valence-electron chi connectivity index (χ0n) is 12.1. The van der Waals surface area contributed by atoms with Crippen molar-refractivity contribution >= 4 is 30.1 Å². The Bertz CT molecular complexity index is 637. The molecule has 0 aliphatic heterocycles. The SMILES string of the molecule is Cc1nn(-c2ccc(Cl)cc2)c(C)c1CC(=O)NCCS. The van der Waals surface area contributed by atoms with Gasteiger partial charge in [0.15, 0.2) is 0 Å². The van der Waals surface area contributed by atoms with Gasteiger partial charge in [-0.25, -0.2) is 4.68 Å². The average molecular weight is 324 g/mol. The van der Waals surface area contributed by atoms with Crippen molar-refractivity contribution < 1.29 is 4.79 Å². The molecule has 1 aromatic heterocycles. The van der Waals surface area contributed by atoms with Crippen molar-refractivity contribution in [3.8, 4) is 5.69 Å². The molecule has 0 bridgehead atoms. The Kier molecular flexibility index (Phi) is 5.31. The number of carbonyl (C=O) groups is 1. The zero-order valence-corrected chi connectivity index (χ0v) is 13.7. The number of aryl methyl sites for hydroxylation is 1. The fraction of sp³-hybridized carbons (Fsp3) is 0.333. The Labute approximate surface area is 134 Å². The van der Waals surface area contributed by atoms with Crippen LogP contribution in [0.5, 0.6) is 0 Å². The minimum atomic E-state index is -0.00842. The Hall–Kier alpha value is -1.46. The highest BCUT2D eigenvalue weighted by atomic mass is 35.5. The lowest BCUT2D eigenvalue weighted by molar-refractivity contribution is -0.120. The fourth-order valence-electron chi connectivity index (χ4n) is 2.18. The maximum absolute atomic E-state index is 11.9. The molecule has 1 heterocycles. The number of thiol groups is 1. The molecule has 4 nitrogen and oxygen atoms in total. The minimum Gasteiger partial charge on any atom is -0.355 e. The number of nitrogens with zero attached hydrogens (tertiary/aromatic N) is 2. The maximum atomic E-state index is 11.9. The Morgan fingerprint density at radius 1 is 1.33 bits per heavy atom. The summed E-state index contributed by atoms with van der Waals surface area (Å²) in [6.45, 7) is 4.46. The Morgan fingerprint density at radius 2 is 2.00 bits per heavy atom. The van der Waals surface area contributed by atoms with E-state index in [2.05, 4.69) is 23.0 Å². The van der Waals surface area contributed by atoms with Crippen LogP contribution in [0.3, 0.4) is 0 Å². The van der Waals surface area contributed by atoms with Gasteiger partial charge >= 0.3 is 0 Å². The van der Waals surface area contributed by atoms with E-state index in [-0.39, 0.29) is 5.91 Å². The van der Waals surface area contributed by atoms with Crippen LogP contribution in [0, 0.1) is 13.8 Å². The molecule has 0 spiro atoms. The molecule has 0 fully saturated rings. The maximum Gasteiger partial charge on any atom is 0.224 e. The van der Waals surface area contributed by atoms with Crippen LogP contribution in [-0.2, 0) is 11.2 Å². The second-order valence-corrected chi connectivity index (χ2v) is 5.67. The van der Waals surface area contributed by atoms with Gasteiger partial charge in [-0.15, -0.1) is 0 Å². The zero-order chi connectivity index (χ0) is 15.4. The number of rotatable bonds is 5. The van der Waals surface area contributed by atoms with Gasteiger partial charge in [-0.1, -0.05) is 11.6 Å². The van der Waals surface area contributed by atoms with Crippen LogP contribution in [0.25, 0.3) is 5.69 Å². The lowest BCUT2D eigenvalue weighted by Gasteiger charge is -2.06. The second kappa shape index (κ2) is 7.00. The molecule has 2 aromatic rings. The van der Waals surface area contributed by atoms with Crippen molar-refractivity contribution in [2.24, 2.45) is 0 Å². The van der Waals surface area contributed by atoms with E-state index >= 15 is 0 Å². The number of carbonyl (C=O) groups excluding carboxylic acids is 1. The molecule has 0 unspecified atom stereocenters. The van der Waals surface area contributed by atoms with Crippen LogP contribution in [-0.4, -0.2) is 28.0 Å². The molecular weight excluding hydrogens is 306 g/mol. The predicted octanol–water partition coefficient (Wildman–Crippen LogP) is 2.73. The van der Waals surface area contributed by atoms with Crippen LogP contribution in [0.1, 0.15) is 17.0 Å². The van der Waals surface area contributed by atoms with Gasteiger partial charge in [-0.2, -0.15) is 17.7 Å². The molecule has 6 heteroatoms. The fourth-order valence-corrected chi connectivity index (χ4v) is 2.42. The number of halogens is 1. The van der Waals surface area contributed by atoms with Crippen molar-refractivity contribution in [3.63, 3.8) is 0 Å². The number of benzene rings is 1. The summed E-state index contributed by atoms with van der Waals surface area (Å²) < 4.78 is 1.84. The van der Waals surface area contributed by atoms with E-state index in [4.69, 9.17) is 11.6 Å². The van der Waals surface area contributed by atoms with Crippen molar-refractivity contribution in [1.82, 2.24) is 15.1 Å². The van der Waals surface area contributed by atoms with E-state index in [0.717, 1.165) is 22.6 Å². The van der Waals surface area contributed by atoms with Gasteiger partial charge in [0.05, 0.1) is 17.8 Å². The number of amides is 1. The van der Waals surface area contributed by atoms with Gasteiger partial charge in [0.2, 0.25) is 5.91 Å². The highest BCUT2D eigenvalue weighted by Gasteiger charge is 2.15. The van der Waals surface area contributed by atoms with Crippen molar-refractivity contribution in [2.45, 2.75) is 20.3 Å². The summed E-state index contributed by atoms with van der Waals surface area (Å²) in [5.74, 6) is 0.624. The third-order valence-electron chi connectivity index (χ3n) is 3.28. The van der Waals surface area contributed by atoms with Gasteiger partial charge in [-0.3, -0.25) is 4.79 Å². The monoisotopic (exact) mass is 323 g/mol. The average Bonchev–Trinajstić information content (AvgIpc) is 2.74. The Balaban J connectivity index is 2.25. The standard InChI is InChI=1S/C15H18ClN3OS/c1-10-14(9-15(20)17-7-8-21)11(2)19(18-10)13-5-3-12(16)4-6-13/h3-6,21H,7-9H2,1-2H3,(H,17,20). The van der Waals surface area contributed by atoms with Gasteiger partial charge in [0, 0.05) is 28.6 Å². The lowest BCUT2D eigenvalue weighted by Crippen LogP contribution is -2.27. The molecule has 1 amide bonds. The molecule has 0 radical (unpaired) electrons. The third kappa shape index (κ3) is 3.80. The summed E-state index contributed by atoms with van der Waals surface area (Å²) in [7, 11) is 0. The quantitative estimate of drug-likeness (QED) is 0.831. The summed E-state index contributed by atoms with van der Waals surface area (Å²) in [5.41, 5.74) is 3.72. The molecule has 112 valence electrons. The highest BCUT2D eigenvalue weighted by Crippen LogP contribution is 2.20. The third-order valence-corrected chi connectivity index (χ3v) is 3.76. The molecule has 0 aliphatic carbocycles. The molecule has 0 saturated carbocycles. The van der Waals surface area contributed by atoms with E-state index in [1.807, 2.05) is 42.8 Å². The van der Waals surface area contributed by atoms with E-state index in [0.29, 0.717) is 23.7 Å². The lowest BCUT2D eigenvalue weighted by atomic mass is 10.1. The molecule has 0 saturated heterocycles. The molecule has 21 heavy (non-hydrogen) atoms. The normalized spacial score (nSPS) is 10.7. The summed E-state index contributed by atoms with van der Waals surface area (Å²) in [4.78, 5) is 11.9. The molecule has 1 aromatic carbocycles. The van der Waals surface area contributed by atoms with Gasteiger partial charge in [0.25, 0.3) is 0 Å². The van der Waals surface area contributed by atoms with E-state index in [1.54, 1.807) is 0 Å². The van der Waals surface area contributed by atoms with Gasteiger partial charge in [-0.05, 0) is 38.1 Å². The number of hydrogen-bond donors (Lipinski definition) is 2. The number of hydrogen-bond acceptors (Lipinski definition) is 3. The minimum absolute atomic E-state index is 0.00842. The first kappa shape index (κ1) is 15.9. The van der Waals surface area contributed by atoms with Gasteiger partial charge < -0.3 is 5.32 Å². The summed E-state index contributed by atoms with van der Waals surface area (Å²) >= 11 is 9.98. The van der Waals surface area contributed by atoms with Crippen molar-refractivity contribution in [2.75, 3.05) is 12.3 Å². The summed E-state index contributed by atoms with van der Waals surface area (Å²) in [5, 5.41) is 8.03. The Morgan fingerprint density at radius 3 is 2.62 bits per heavy atom. The first-order valence-corrected chi connectivity index (χ1v) is 7.72. The number of aromatic nitrogens is 2. The summed E-state index contributed by atoms with van der Waals surface area (Å²) in [6, 6.07) is 7.47. The van der Waals surface area contributed by atoms with E-state index in [9.17, 15) is 4.79 Å². The molecular formula is C15H18ClN3OS. The van der Waals surface area contributed by atoms with Crippen LogP contribution >= 0.6 is 24.2 Å².